The highest BCUT2D eigenvalue weighted by Gasteiger charge is 2.33. The Morgan fingerprint density at radius 1 is 1.25 bits per heavy atom. The van der Waals surface area contributed by atoms with Crippen molar-refractivity contribution in [2.45, 2.75) is 39.9 Å². The Hall–Kier alpha value is -1.54. The summed E-state index contributed by atoms with van der Waals surface area (Å²) in [5.41, 5.74) is 0.909. The summed E-state index contributed by atoms with van der Waals surface area (Å²) in [7, 11) is 0. The van der Waals surface area contributed by atoms with Gasteiger partial charge in [0.2, 0.25) is 0 Å². The van der Waals surface area contributed by atoms with Crippen LogP contribution < -0.4 is 0 Å². The lowest BCUT2D eigenvalue weighted by atomic mass is 9.85. The van der Waals surface area contributed by atoms with Crippen molar-refractivity contribution >= 4 is 5.76 Å². The molecule has 20 heavy (non-hydrogen) atoms. The molecular formula is C18H26O2. The van der Waals surface area contributed by atoms with Gasteiger partial charge in [-0.1, -0.05) is 63.8 Å². The Labute approximate surface area is 123 Å². The van der Waals surface area contributed by atoms with Gasteiger partial charge in [0.15, 0.2) is 0 Å². The van der Waals surface area contributed by atoms with Gasteiger partial charge in [-0.3, -0.25) is 0 Å². The zero-order valence-electron chi connectivity index (χ0n) is 13.1. The molecule has 1 aromatic carbocycles. The minimum Gasteiger partial charge on any atom is -0.487 e. The molecule has 1 aromatic rings. The van der Waals surface area contributed by atoms with Crippen LogP contribution in [0.1, 0.15) is 33.3 Å². The van der Waals surface area contributed by atoms with Crippen molar-refractivity contribution in [3.8, 4) is 0 Å². The SMILES string of the molecule is C=CC(OCC)C(OC(=C)c1ccccc1)C(C)(C)C. The van der Waals surface area contributed by atoms with E-state index in [1.54, 1.807) is 6.08 Å². The van der Waals surface area contributed by atoms with Gasteiger partial charge in [0, 0.05) is 17.6 Å². The standard InChI is InChI=1S/C18H26O2/c1-7-16(19-8-2)17(18(4,5)6)20-14(3)15-12-10-9-11-13-15/h7,9-13,16-17H,1,3,8H2,2,4-6H3. The van der Waals surface area contributed by atoms with Crippen LogP contribution in [0.5, 0.6) is 0 Å². The van der Waals surface area contributed by atoms with Gasteiger partial charge >= 0.3 is 0 Å². The van der Waals surface area contributed by atoms with Gasteiger partial charge in [0.05, 0.1) is 0 Å². The largest absolute Gasteiger partial charge is 0.487 e. The van der Waals surface area contributed by atoms with Gasteiger partial charge in [0.1, 0.15) is 18.0 Å². The predicted octanol–water partition coefficient (Wildman–Crippen LogP) is 4.68. The van der Waals surface area contributed by atoms with Crippen LogP contribution in [0.3, 0.4) is 0 Å². The van der Waals surface area contributed by atoms with Gasteiger partial charge in [0.25, 0.3) is 0 Å². The van der Waals surface area contributed by atoms with Gasteiger partial charge in [-0.2, -0.15) is 0 Å². The van der Waals surface area contributed by atoms with E-state index in [0.717, 1.165) is 5.56 Å². The third-order valence-electron chi connectivity index (χ3n) is 3.11. The quantitative estimate of drug-likeness (QED) is 0.531. The first kappa shape index (κ1) is 16.5. The summed E-state index contributed by atoms with van der Waals surface area (Å²) in [5.74, 6) is 0.664. The zero-order valence-corrected chi connectivity index (χ0v) is 13.1. The fourth-order valence-electron chi connectivity index (χ4n) is 2.05. The lowest BCUT2D eigenvalue weighted by Gasteiger charge is -2.36. The van der Waals surface area contributed by atoms with Gasteiger partial charge < -0.3 is 9.47 Å². The smallest absolute Gasteiger partial charge is 0.133 e. The monoisotopic (exact) mass is 274 g/mol. The topological polar surface area (TPSA) is 18.5 Å². The molecule has 0 amide bonds. The van der Waals surface area contributed by atoms with E-state index in [-0.39, 0.29) is 17.6 Å². The molecule has 2 heteroatoms. The summed E-state index contributed by atoms with van der Waals surface area (Å²) < 4.78 is 11.8. The van der Waals surface area contributed by atoms with Crippen LogP contribution in [0.4, 0.5) is 0 Å². The van der Waals surface area contributed by atoms with Crippen molar-refractivity contribution < 1.29 is 9.47 Å². The van der Waals surface area contributed by atoms with Crippen molar-refractivity contribution in [1.82, 2.24) is 0 Å². The number of hydrogen-bond donors (Lipinski definition) is 0. The first-order valence-electron chi connectivity index (χ1n) is 7.05. The second-order valence-corrected chi connectivity index (χ2v) is 5.85. The molecule has 0 fully saturated rings. The fraction of sp³-hybridized carbons (Fsp3) is 0.444. The Kier molecular flexibility index (Phi) is 6.03. The highest BCUT2D eigenvalue weighted by atomic mass is 16.5. The zero-order chi connectivity index (χ0) is 15.2. The normalized spacial score (nSPS) is 14.4. The number of hydrogen-bond acceptors (Lipinski definition) is 2. The highest BCUT2D eigenvalue weighted by molar-refractivity contribution is 5.57. The molecule has 0 aliphatic rings. The second-order valence-electron chi connectivity index (χ2n) is 5.85. The van der Waals surface area contributed by atoms with Crippen LogP contribution in [0.25, 0.3) is 5.76 Å². The van der Waals surface area contributed by atoms with E-state index < -0.39 is 0 Å². The Morgan fingerprint density at radius 2 is 1.85 bits per heavy atom. The molecule has 0 heterocycles. The fourth-order valence-corrected chi connectivity index (χ4v) is 2.05. The molecule has 0 N–H and O–H groups in total. The van der Waals surface area contributed by atoms with Crippen molar-refractivity contribution in [2.75, 3.05) is 6.61 Å². The molecule has 0 aliphatic carbocycles. The lowest BCUT2D eigenvalue weighted by Crippen LogP contribution is -2.40. The van der Waals surface area contributed by atoms with Crippen LogP contribution in [0.2, 0.25) is 0 Å². The molecule has 1 rings (SSSR count). The molecule has 0 radical (unpaired) electrons. The maximum absolute atomic E-state index is 6.12. The van der Waals surface area contributed by atoms with E-state index in [4.69, 9.17) is 9.47 Å². The van der Waals surface area contributed by atoms with Crippen molar-refractivity contribution in [1.29, 1.82) is 0 Å². The summed E-state index contributed by atoms with van der Waals surface area (Å²) in [6.07, 6.45) is 1.52. The van der Waals surface area contributed by atoms with Crippen LogP contribution in [0, 0.1) is 5.41 Å². The molecule has 0 aliphatic heterocycles. The van der Waals surface area contributed by atoms with Gasteiger partial charge in [-0.15, -0.1) is 6.58 Å². The lowest BCUT2D eigenvalue weighted by molar-refractivity contribution is -0.0541. The summed E-state index contributed by atoms with van der Waals surface area (Å²) in [5, 5.41) is 0. The van der Waals surface area contributed by atoms with Crippen LogP contribution in [-0.4, -0.2) is 18.8 Å². The molecule has 0 saturated carbocycles. The predicted molar refractivity (Wildman–Crippen MR) is 85.4 cm³/mol. The molecule has 0 spiro atoms. The second kappa shape index (κ2) is 7.30. The molecule has 0 aromatic heterocycles. The summed E-state index contributed by atoms with van der Waals surface area (Å²) in [4.78, 5) is 0. The van der Waals surface area contributed by atoms with Crippen LogP contribution >= 0.6 is 0 Å². The van der Waals surface area contributed by atoms with E-state index in [2.05, 4.69) is 33.9 Å². The molecule has 0 saturated heterocycles. The molecule has 2 unspecified atom stereocenters. The van der Waals surface area contributed by atoms with Crippen molar-refractivity contribution in [3.63, 3.8) is 0 Å². The number of ether oxygens (including phenoxy) is 2. The summed E-state index contributed by atoms with van der Waals surface area (Å²) in [6.45, 7) is 16.9. The van der Waals surface area contributed by atoms with Gasteiger partial charge in [-0.25, -0.2) is 0 Å². The van der Waals surface area contributed by atoms with E-state index in [1.807, 2.05) is 37.3 Å². The van der Waals surface area contributed by atoms with E-state index in [1.165, 1.54) is 0 Å². The average Bonchev–Trinajstić information content (AvgIpc) is 2.42. The molecule has 2 nitrogen and oxygen atoms in total. The summed E-state index contributed by atoms with van der Waals surface area (Å²) >= 11 is 0. The van der Waals surface area contributed by atoms with E-state index >= 15 is 0 Å². The maximum Gasteiger partial charge on any atom is 0.133 e. The Balaban J connectivity index is 2.90. The van der Waals surface area contributed by atoms with Crippen LogP contribution in [0.15, 0.2) is 49.6 Å². The minimum absolute atomic E-state index is 0.0776. The minimum atomic E-state index is -0.152. The third kappa shape index (κ3) is 4.53. The first-order valence-corrected chi connectivity index (χ1v) is 7.05. The van der Waals surface area contributed by atoms with Gasteiger partial charge in [-0.05, 0) is 6.92 Å². The average molecular weight is 274 g/mol. The number of rotatable bonds is 7. The number of benzene rings is 1. The van der Waals surface area contributed by atoms with E-state index in [9.17, 15) is 0 Å². The Morgan fingerprint density at radius 3 is 2.30 bits per heavy atom. The maximum atomic E-state index is 6.12. The Bertz CT molecular complexity index is 428. The van der Waals surface area contributed by atoms with Crippen LogP contribution in [-0.2, 0) is 9.47 Å². The summed E-state index contributed by atoms with van der Waals surface area (Å²) in [6, 6.07) is 9.91. The molecule has 0 bridgehead atoms. The molecule has 110 valence electrons. The molecular weight excluding hydrogens is 248 g/mol. The third-order valence-corrected chi connectivity index (χ3v) is 3.11. The van der Waals surface area contributed by atoms with Crippen molar-refractivity contribution in [3.05, 3.63) is 55.1 Å². The van der Waals surface area contributed by atoms with Crippen molar-refractivity contribution in [2.24, 2.45) is 5.41 Å². The molecule has 2 atom stereocenters. The highest BCUT2D eigenvalue weighted by Crippen LogP contribution is 2.31. The van der Waals surface area contributed by atoms with E-state index in [0.29, 0.717) is 12.4 Å². The first-order chi connectivity index (χ1) is 9.40.